The van der Waals surface area contributed by atoms with Crippen LogP contribution >= 0.6 is 0 Å². The molecule has 1 aliphatic heterocycles. The van der Waals surface area contributed by atoms with E-state index in [1.54, 1.807) is 17.2 Å². The summed E-state index contributed by atoms with van der Waals surface area (Å²) < 4.78 is 5.14. The molecule has 0 unspecified atom stereocenters. The van der Waals surface area contributed by atoms with Gasteiger partial charge in [0.1, 0.15) is 12.2 Å². The van der Waals surface area contributed by atoms with E-state index in [1.807, 2.05) is 24.3 Å². The van der Waals surface area contributed by atoms with E-state index in [0.717, 1.165) is 23.0 Å². The van der Waals surface area contributed by atoms with E-state index in [9.17, 15) is 9.59 Å². The predicted molar refractivity (Wildman–Crippen MR) is 97.7 cm³/mol. The van der Waals surface area contributed by atoms with Crippen molar-refractivity contribution in [3.63, 3.8) is 0 Å². The third-order valence-corrected chi connectivity index (χ3v) is 4.19. The highest BCUT2D eigenvalue weighted by atomic mass is 16.5. The van der Waals surface area contributed by atoms with Crippen LogP contribution in [0.3, 0.4) is 0 Å². The molecule has 0 spiro atoms. The first-order chi connectivity index (χ1) is 12.5. The number of benzene rings is 1. The van der Waals surface area contributed by atoms with Gasteiger partial charge < -0.3 is 26.1 Å². The molecule has 0 atom stereocenters. The molecule has 8 heteroatoms. The molecule has 7 N–H and O–H groups in total. The molecule has 2 heterocycles. The number of nitrogens with two attached hydrogens (primary N) is 3. The molecule has 2 aromatic rings. The average molecular weight is 354 g/mol. The quantitative estimate of drug-likeness (QED) is 0.405. The van der Waals surface area contributed by atoms with Gasteiger partial charge in [-0.3, -0.25) is 15.0 Å². The number of primary amides is 1. The number of carbonyl (C=O) groups excluding carboxylic acids is 2. The van der Waals surface area contributed by atoms with E-state index < -0.39 is 5.91 Å². The summed E-state index contributed by atoms with van der Waals surface area (Å²) >= 11 is 0. The van der Waals surface area contributed by atoms with Crippen LogP contribution in [0.25, 0.3) is 16.8 Å². The zero-order valence-corrected chi connectivity index (χ0v) is 14.1. The van der Waals surface area contributed by atoms with Crippen LogP contribution in [-0.2, 0) is 14.3 Å². The second kappa shape index (κ2) is 7.24. The van der Waals surface area contributed by atoms with E-state index in [2.05, 4.69) is 4.98 Å². The zero-order chi connectivity index (χ0) is 18.7. The van der Waals surface area contributed by atoms with Crippen LogP contribution in [0.5, 0.6) is 0 Å². The Hall–Kier alpha value is -3.39. The van der Waals surface area contributed by atoms with E-state index >= 15 is 0 Å². The number of aromatic amines is 1. The highest BCUT2D eigenvalue weighted by Crippen LogP contribution is 2.26. The molecule has 0 radical (unpaired) electrons. The molecule has 26 heavy (non-hydrogen) atoms. The SMILES string of the molecule is NC(=O)/C(C=[NH2+])=C(\N)c1cc(-c2ccc(N3CCOCC3=O)cc2)c[nH]1. The number of hydrogen-bond donors (Lipinski definition) is 4. The van der Waals surface area contributed by atoms with Crippen molar-refractivity contribution in [1.82, 2.24) is 4.98 Å². The van der Waals surface area contributed by atoms with Gasteiger partial charge in [-0.15, -0.1) is 0 Å². The molecule has 134 valence electrons. The maximum atomic E-state index is 11.9. The summed E-state index contributed by atoms with van der Waals surface area (Å²) in [4.78, 5) is 28.0. The Morgan fingerprint density at radius 3 is 2.58 bits per heavy atom. The van der Waals surface area contributed by atoms with Gasteiger partial charge in [0.15, 0.2) is 6.21 Å². The van der Waals surface area contributed by atoms with E-state index in [4.69, 9.17) is 21.6 Å². The lowest BCUT2D eigenvalue weighted by Crippen LogP contribution is -2.41. The second-order valence-electron chi connectivity index (χ2n) is 5.81. The fourth-order valence-electron chi connectivity index (χ4n) is 2.79. The molecule has 2 amide bonds. The number of nitrogens with one attached hydrogen (secondary N) is 1. The van der Waals surface area contributed by atoms with Crippen LogP contribution in [-0.4, -0.2) is 42.8 Å². The number of ether oxygens (including phenoxy) is 1. The number of hydrogen-bond acceptors (Lipinski definition) is 4. The summed E-state index contributed by atoms with van der Waals surface area (Å²) in [6.45, 7) is 1.18. The predicted octanol–water partition coefficient (Wildman–Crippen LogP) is -0.970. The van der Waals surface area contributed by atoms with Crippen molar-refractivity contribution in [1.29, 1.82) is 0 Å². The summed E-state index contributed by atoms with van der Waals surface area (Å²) in [5.41, 5.74) is 14.6. The van der Waals surface area contributed by atoms with Crippen LogP contribution in [0, 0.1) is 0 Å². The minimum Gasteiger partial charge on any atom is -0.396 e. The second-order valence-corrected chi connectivity index (χ2v) is 5.81. The molecular weight excluding hydrogens is 334 g/mol. The third-order valence-electron chi connectivity index (χ3n) is 4.19. The maximum Gasteiger partial charge on any atom is 0.256 e. The standard InChI is InChI=1S/C18H19N5O3/c19-8-14(18(21)25)17(20)15-7-12(9-22-15)11-1-3-13(4-2-11)23-5-6-26-10-16(23)24/h1-4,7-9,19,22H,5-6,10,20H2,(H2,21,25)/p+1/b17-14-,19-8?. The van der Waals surface area contributed by atoms with Crippen molar-refractivity contribution in [2.75, 3.05) is 24.7 Å². The van der Waals surface area contributed by atoms with Crippen LogP contribution in [0.2, 0.25) is 0 Å². The van der Waals surface area contributed by atoms with E-state index in [1.165, 1.54) is 0 Å². The Balaban J connectivity index is 1.85. The lowest BCUT2D eigenvalue weighted by molar-refractivity contribution is -0.125. The number of aromatic nitrogens is 1. The molecule has 1 aliphatic rings. The summed E-state index contributed by atoms with van der Waals surface area (Å²) in [6, 6.07) is 9.39. The summed E-state index contributed by atoms with van der Waals surface area (Å²) in [5, 5.41) is 5.41. The first kappa shape index (κ1) is 17.4. The molecule has 3 rings (SSSR count). The van der Waals surface area contributed by atoms with Crippen molar-refractivity contribution in [3.05, 3.63) is 47.8 Å². The molecule has 0 aliphatic carbocycles. The molecule has 1 fully saturated rings. The number of morpholine rings is 1. The van der Waals surface area contributed by atoms with Crippen LogP contribution in [0.15, 0.2) is 42.1 Å². The maximum absolute atomic E-state index is 11.9. The highest BCUT2D eigenvalue weighted by molar-refractivity contribution is 6.15. The number of anilines is 1. The monoisotopic (exact) mass is 354 g/mol. The summed E-state index contributed by atoms with van der Waals surface area (Å²) in [7, 11) is 0. The summed E-state index contributed by atoms with van der Waals surface area (Å²) in [5.74, 6) is -0.747. The van der Waals surface area contributed by atoms with Crippen molar-refractivity contribution in [2.45, 2.75) is 0 Å². The van der Waals surface area contributed by atoms with Gasteiger partial charge in [0.05, 0.1) is 18.0 Å². The Labute approximate surface area is 149 Å². The van der Waals surface area contributed by atoms with E-state index in [0.29, 0.717) is 18.8 Å². The van der Waals surface area contributed by atoms with Crippen molar-refractivity contribution < 1.29 is 19.7 Å². The first-order valence-corrected chi connectivity index (χ1v) is 8.03. The smallest absolute Gasteiger partial charge is 0.256 e. The van der Waals surface area contributed by atoms with Gasteiger partial charge in [-0.05, 0) is 29.3 Å². The summed E-state index contributed by atoms with van der Waals surface area (Å²) in [6.07, 6.45) is 2.86. The first-order valence-electron chi connectivity index (χ1n) is 8.03. The Bertz CT molecular complexity index is 882. The molecule has 0 saturated carbocycles. The molecular formula is C18H20N5O3+. The number of nitrogens with zero attached hydrogens (tertiary/aromatic N) is 1. The molecule has 1 saturated heterocycles. The van der Waals surface area contributed by atoms with Gasteiger partial charge in [0.2, 0.25) is 0 Å². The molecule has 1 aromatic heterocycles. The number of H-pyrrole nitrogens is 1. The fraction of sp³-hybridized carbons (Fsp3) is 0.167. The lowest BCUT2D eigenvalue weighted by atomic mass is 10.1. The zero-order valence-electron chi connectivity index (χ0n) is 14.1. The molecule has 0 bridgehead atoms. The number of rotatable bonds is 5. The van der Waals surface area contributed by atoms with Gasteiger partial charge in [-0.1, -0.05) is 12.1 Å². The van der Waals surface area contributed by atoms with Crippen molar-refractivity contribution in [2.24, 2.45) is 11.5 Å². The van der Waals surface area contributed by atoms with E-state index in [-0.39, 0.29) is 23.8 Å². The van der Waals surface area contributed by atoms with Crippen LogP contribution in [0.4, 0.5) is 5.69 Å². The Morgan fingerprint density at radius 2 is 1.96 bits per heavy atom. The van der Waals surface area contributed by atoms with Gasteiger partial charge in [0, 0.05) is 18.4 Å². The van der Waals surface area contributed by atoms with Crippen molar-refractivity contribution in [3.8, 4) is 11.1 Å². The topological polar surface area (TPSA) is 140 Å². The average Bonchev–Trinajstić information content (AvgIpc) is 3.13. The van der Waals surface area contributed by atoms with Crippen LogP contribution < -0.4 is 21.8 Å². The molecule has 8 nitrogen and oxygen atoms in total. The normalized spacial score (nSPS) is 15.5. The highest BCUT2D eigenvalue weighted by Gasteiger charge is 2.20. The minimum absolute atomic E-state index is 0.0529. The molecule has 1 aromatic carbocycles. The minimum atomic E-state index is -0.694. The Morgan fingerprint density at radius 1 is 1.23 bits per heavy atom. The fourth-order valence-corrected chi connectivity index (χ4v) is 2.79. The van der Waals surface area contributed by atoms with Gasteiger partial charge in [-0.25, -0.2) is 0 Å². The van der Waals surface area contributed by atoms with Gasteiger partial charge >= 0.3 is 0 Å². The Kier molecular flexibility index (Phi) is 4.85. The number of carbonyl (C=O) groups is 2. The largest absolute Gasteiger partial charge is 0.396 e. The number of amides is 2. The van der Waals surface area contributed by atoms with Gasteiger partial charge in [0.25, 0.3) is 11.8 Å². The lowest BCUT2D eigenvalue weighted by Gasteiger charge is -2.26. The van der Waals surface area contributed by atoms with Gasteiger partial charge in [-0.2, -0.15) is 0 Å². The van der Waals surface area contributed by atoms with Crippen LogP contribution in [0.1, 0.15) is 5.69 Å². The van der Waals surface area contributed by atoms with Crippen molar-refractivity contribution >= 4 is 29.4 Å². The third kappa shape index (κ3) is 3.35.